The SMILES string of the molecule is O=C(COc1ccc2c(c1)CCC2)NOCc1ccccc1. The van der Waals surface area contributed by atoms with Gasteiger partial charge in [0.2, 0.25) is 0 Å². The fourth-order valence-electron chi connectivity index (χ4n) is 2.59. The van der Waals surface area contributed by atoms with E-state index in [1.54, 1.807) is 0 Å². The normalized spacial score (nSPS) is 12.7. The molecule has 1 aliphatic rings. The third-order valence-corrected chi connectivity index (χ3v) is 3.71. The second-order valence-electron chi connectivity index (χ2n) is 5.37. The van der Waals surface area contributed by atoms with Crippen molar-refractivity contribution in [3.05, 3.63) is 65.2 Å². The Kier molecular flexibility index (Phi) is 4.71. The van der Waals surface area contributed by atoms with E-state index in [-0.39, 0.29) is 12.5 Å². The van der Waals surface area contributed by atoms with Crippen LogP contribution in [0.2, 0.25) is 0 Å². The van der Waals surface area contributed by atoms with Gasteiger partial charge in [-0.2, -0.15) is 0 Å². The summed E-state index contributed by atoms with van der Waals surface area (Å²) >= 11 is 0. The molecule has 22 heavy (non-hydrogen) atoms. The predicted molar refractivity (Wildman–Crippen MR) is 83.3 cm³/mol. The summed E-state index contributed by atoms with van der Waals surface area (Å²) < 4.78 is 5.50. The summed E-state index contributed by atoms with van der Waals surface area (Å²) in [4.78, 5) is 16.8. The number of fused-ring (bicyclic) bond motifs is 1. The first-order valence-electron chi connectivity index (χ1n) is 7.50. The van der Waals surface area contributed by atoms with Crippen molar-refractivity contribution in [2.24, 2.45) is 0 Å². The zero-order chi connectivity index (χ0) is 15.2. The summed E-state index contributed by atoms with van der Waals surface area (Å²) in [6.07, 6.45) is 3.44. The van der Waals surface area contributed by atoms with Crippen LogP contribution in [0.15, 0.2) is 48.5 Å². The molecule has 0 saturated heterocycles. The number of carbonyl (C=O) groups excluding carboxylic acids is 1. The van der Waals surface area contributed by atoms with Crippen LogP contribution in [-0.2, 0) is 29.1 Å². The maximum absolute atomic E-state index is 11.7. The predicted octanol–water partition coefficient (Wildman–Crippen LogP) is 2.80. The highest BCUT2D eigenvalue weighted by atomic mass is 16.7. The van der Waals surface area contributed by atoms with Gasteiger partial charge in [0.05, 0.1) is 6.61 Å². The number of carbonyl (C=O) groups is 1. The molecule has 0 atom stereocenters. The quantitative estimate of drug-likeness (QED) is 0.834. The lowest BCUT2D eigenvalue weighted by atomic mass is 10.1. The molecular weight excluding hydrogens is 278 g/mol. The molecule has 1 amide bonds. The molecule has 0 radical (unpaired) electrons. The Morgan fingerprint density at radius 3 is 2.73 bits per heavy atom. The summed E-state index contributed by atoms with van der Waals surface area (Å²) in [6.45, 7) is 0.291. The number of ether oxygens (including phenoxy) is 1. The molecule has 2 aromatic carbocycles. The van der Waals surface area contributed by atoms with E-state index < -0.39 is 0 Å². The molecule has 0 bridgehead atoms. The minimum atomic E-state index is -0.295. The minimum absolute atomic E-state index is 0.0480. The lowest BCUT2D eigenvalue weighted by Crippen LogP contribution is -2.28. The molecule has 0 saturated carbocycles. The van der Waals surface area contributed by atoms with Gasteiger partial charge in [0.25, 0.3) is 5.91 Å². The zero-order valence-corrected chi connectivity index (χ0v) is 12.4. The van der Waals surface area contributed by atoms with Crippen LogP contribution in [0.3, 0.4) is 0 Å². The number of hydrogen-bond donors (Lipinski definition) is 1. The van der Waals surface area contributed by atoms with Gasteiger partial charge >= 0.3 is 0 Å². The van der Waals surface area contributed by atoms with Crippen LogP contribution in [0.4, 0.5) is 0 Å². The lowest BCUT2D eigenvalue weighted by molar-refractivity contribution is -0.136. The summed E-state index contributed by atoms with van der Waals surface area (Å²) in [5, 5.41) is 0. The zero-order valence-electron chi connectivity index (χ0n) is 12.4. The standard InChI is InChI=1S/C18H19NO3/c20-18(19-22-12-14-5-2-1-3-6-14)13-21-17-10-9-15-7-4-8-16(15)11-17/h1-3,5-6,9-11H,4,7-8,12-13H2,(H,19,20). The number of amides is 1. The molecule has 0 spiro atoms. The van der Waals surface area contributed by atoms with Crippen molar-refractivity contribution in [3.8, 4) is 5.75 Å². The molecule has 1 N–H and O–H groups in total. The maximum atomic E-state index is 11.7. The Labute approximate surface area is 130 Å². The third kappa shape index (κ3) is 3.86. The van der Waals surface area contributed by atoms with Gasteiger partial charge in [-0.3, -0.25) is 9.63 Å². The third-order valence-electron chi connectivity index (χ3n) is 3.71. The average Bonchev–Trinajstić information content (AvgIpc) is 3.01. The van der Waals surface area contributed by atoms with Crippen LogP contribution in [0.1, 0.15) is 23.1 Å². The first-order valence-corrected chi connectivity index (χ1v) is 7.50. The molecule has 4 heteroatoms. The minimum Gasteiger partial charge on any atom is -0.484 e. The van der Waals surface area contributed by atoms with Crippen molar-refractivity contribution in [1.82, 2.24) is 5.48 Å². The Hall–Kier alpha value is -2.33. The molecule has 0 heterocycles. The molecule has 3 rings (SSSR count). The van der Waals surface area contributed by atoms with Gasteiger partial charge in [-0.15, -0.1) is 0 Å². The van der Waals surface area contributed by atoms with E-state index >= 15 is 0 Å². The van der Waals surface area contributed by atoms with Gasteiger partial charge in [-0.25, -0.2) is 5.48 Å². The van der Waals surface area contributed by atoms with Crippen LogP contribution < -0.4 is 10.2 Å². The van der Waals surface area contributed by atoms with Crippen LogP contribution in [-0.4, -0.2) is 12.5 Å². The smallest absolute Gasteiger partial charge is 0.281 e. The first-order chi connectivity index (χ1) is 10.8. The van der Waals surface area contributed by atoms with Crippen molar-refractivity contribution in [3.63, 3.8) is 0 Å². The second kappa shape index (κ2) is 7.09. The van der Waals surface area contributed by atoms with Gasteiger partial charge < -0.3 is 4.74 Å². The van der Waals surface area contributed by atoms with Crippen LogP contribution in [0.5, 0.6) is 5.75 Å². The van der Waals surface area contributed by atoms with E-state index in [1.807, 2.05) is 42.5 Å². The van der Waals surface area contributed by atoms with E-state index in [0.717, 1.165) is 24.2 Å². The van der Waals surface area contributed by atoms with Gasteiger partial charge in [0, 0.05) is 0 Å². The van der Waals surface area contributed by atoms with Gasteiger partial charge in [-0.1, -0.05) is 36.4 Å². The summed E-state index contributed by atoms with van der Waals surface area (Å²) in [7, 11) is 0. The molecule has 0 unspecified atom stereocenters. The van der Waals surface area contributed by atoms with Crippen molar-refractivity contribution >= 4 is 5.91 Å². The van der Waals surface area contributed by atoms with E-state index in [2.05, 4.69) is 11.5 Å². The number of hydrogen-bond acceptors (Lipinski definition) is 3. The molecular formula is C18H19NO3. The van der Waals surface area contributed by atoms with E-state index in [0.29, 0.717) is 6.61 Å². The van der Waals surface area contributed by atoms with Crippen molar-refractivity contribution < 1.29 is 14.4 Å². The van der Waals surface area contributed by atoms with Gasteiger partial charge in [0.15, 0.2) is 6.61 Å². The van der Waals surface area contributed by atoms with Crippen LogP contribution in [0.25, 0.3) is 0 Å². The number of hydroxylamine groups is 1. The monoisotopic (exact) mass is 297 g/mol. The molecule has 2 aromatic rings. The van der Waals surface area contributed by atoms with E-state index in [1.165, 1.54) is 17.5 Å². The van der Waals surface area contributed by atoms with Gasteiger partial charge in [0.1, 0.15) is 5.75 Å². The number of nitrogens with one attached hydrogen (secondary N) is 1. The highest BCUT2D eigenvalue weighted by molar-refractivity contribution is 5.76. The lowest BCUT2D eigenvalue weighted by Gasteiger charge is -2.09. The number of rotatable bonds is 6. The molecule has 0 aromatic heterocycles. The topological polar surface area (TPSA) is 47.6 Å². The Morgan fingerprint density at radius 1 is 1.05 bits per heavy atom. The molecule has 4 nitrogen and oxygen atoms in total. The molecule has 0 fully saturated rings. The van der Waals surface area contributed by atoms with E-state index in [9.17, 15) is 4.79 Å². The highest BCUT2D eigenvalue weighted by Crippen LogP contribution is 2.25. The maximum Gasteiger partial charge on any atom is 0.281 e. The van der Waals surface area contributed by atoms with Crippen molar-refractivity contribution in [1.29, 1.82) is 0 Å². The van der Waals surface area contributed by atoms with Crippen molar-refractivity contribution in [2.75, 3.05) is 6.61 Å². The Bertz CT molecular complexity index is 640. The van der Waals surface area contributed by atoms with Crippen LogP contribution >= 0.6 is 0 Å². The van der Waals surface area contributed by atoms with Gasteiger partial charge in [-0.05, 0) is 48.1 Å². The first kappa shape index (κ1) is 14.6. The summed E-state index contributed by atoms with van der Waals surface area (Å²) in [5.74, 6) is 0.440. The number of aryl methyl sites for hydroxylation is 2. The Balaban J connectivity index is 1.41. The summed E-state index contributed by atoms with van der Waals surface area (Å²) in [6, 6.07) is 15.7. The Morgan fingerprint density at radius 2 is 1.86 bits per heavy atom. The van der Waals surface area contributed by atoms with Crippen LogP contribution in [0, 0.1) is 0 Å². The molecule has 1 aliphatic carbocycles. The largest absolute Gasteiger partial charge is 0.484 e. The summed E-state index contributed by atoms with van der Waals surface area (Å²) in [5.41, 5.74) is 6.12. The highest BCUT2D eigenvalue weighted by Gasteiger charge is 2.11. The number of benzene rings is 2. The molecule has 114 valence electrons. The molecule has 0 aliphatic heterocycles. The van der Waals surface area contributed by atoms with Crippen molar-refractivity contribution in [2.45, 2.75) is 25.9 Å². The average molecular weight is 297 g/mol. The fourth-order valence-corrected chi connectivity index (χ4v) is 2.59. The second-order valence-corrected chi connectivity index (χ2v) is 5.37. The van der Waals surface area contributed by atoms with E-state index in [4.69, 9.17) is 9.57 Å². The fraction of sp³-hybridized carbons (Fsp3) is 0.278.